The number of thiophene rings is 1. The van der Waals surface area contributed by atoms with Crippen LogP contribution in [0.2, 0.25) is 0 Å². The van der Waals surface area contributed by atoms with Crippen molar-refractivity contribution in [3.8, 4) is 22.3 Å². The Bertz CT molecular complexity index is 3090. The van der Waals surface area contributed by atoms with E-state index in [-0.39, 0.29) is 16.2 Å². The average Bonchev–Trinajstić information content (AvgIpc) is 3.87. The molecule has 0 fully saturated rings. The molecule has 55 heavy (non-hydrogen) atoms. The molecule has 11 rings (SSSR count). The summed E-state index contributed by atoms with van der Waals surface area (Å²) < 4.78 is 9.35. The smallest absolute Gasteiger partial charge is 0.136 e. The topological polar surface area (TPSA) is 16.4 Å². The number of nitrogens with zero attached hydrogens (tertiary/aromatic N) is 1. The van der Waals surface area contributed by atoms with E-state index in [1.165, 1.54) is 92.4 Å². The van der Waals surface area contributed by atoms with Crippen LogP contribution >= 0.6 is 11.3 Å². The molecule has 0 bridgehead atoms. The van der Waals surface area contributed by atoms with Crippen LogP contribution in [0.25, 0.3) is 64.4 Å². The molecular weight excluding hydrogens is 687 g/mol. The fourth-order valence-electron chi connectivity index (χ4n) is 9.88. The molecule has 0 unspecified atom stereocenters. The Labute approximate surface area is 326 Å². The van der Waals surface area contributed by atoms with Gasteiger partial charge < -0.3 is 9.32 Å². The molecule has 9 aromatic rings. The van der Waals surface area contributed by atoms with Crippen LogP contribution in [-0.2, 0) is 16.2 Å². The van der Waals surface area contributed by atoms with Gasteiger partial charge >= 0.3 is 0 Å². The number of hydrogen-bond donors (Lipinski definition) is 0. The fourth-order valence-corrected chi connectivity index (χ4v) is 11.0. The SMILES string of the molecule is CC(C)(C)c1ccc2c(c1)oc1ccc3c(c12)-c1c(N(c2ccc4c(c2)C(C)(C)c2ccccc2-4)c2ccc4c(c2)sc2ccccc24)cccc1C3(C)C. The number of rotatable bonds is 3. The molecule has 2 aliphatic rings. The van der Waals surface area contributed by atoms with Crippen molar-refractivity contribution in [1.82, 2.24) is 0 Å². The predicted octanol–water partition coefficient (Wildman–Crippen LogP) is 15.3. The Kier molecular flexibility index (Phi) is 6.54. The first-order valence-electron chi connectivity index (χ1n) is 19.5. The highest BCUT2D eigenvalue weighted by Crippen LogP contribution is 2.58. The quantitative estimate of drug-likeness (QED) is 0.180. The maximum atomic E-state index is 6.74. The van der Waals surface area contributed by atoms with Crippen LogP contribution in [0.4, 0.5) is 17.1 Å². The summed E-state index contributed by atoms with van der Waals surface area (Å²) in [5, 5.41) is 5.00. The Hall–Kier alpha value is -5.64. The monoisotopic (exact) mass is 729 g/mol. The van der Waals surface area contributed by atoms with Crippen LogP contribution in [0.3, 0.4) is 0 Å². The summed E-state index contributed by atoms with van der Waals surface area (Å²) in [7, 11) is 0. The minimum Gasteiger partial charge on any atom is -0.456 e. The number of hydrogen-bond acceptors (Lipinski definition) is 3. The summed E-state index contributed by atoms with van der Waals surface area (Å²) in [4.78, 5) is 2.53. The second-order valence-electron chi connectivity index (χ2n) is 17.8. The molecule has 3 heteroatoms. The summed E-state index contributed by atoms with van der Waals surface area (Å²) >= 11 is 1.88. The first-order chi connectivity index (χ1) is 26.4. The van der Waals surface area contributed by atoms with Crippen LogP contribution < -0.4 is 4.90 Å². The minimum absolute atomic E-state index is 0.0265. The van der Waals surface area contributed by atoms with Gasteiger partial charge in [0.25, 0.3) is 0 Å². The van der Waals surface area contributed by atoms with Crippen molar-refractivity contribution in [1.29, 1.82) is 0 Å². The highest BCUT2D eigenvalue weighted by Gasteiger charge is 2.41. The lowest BCUT2D eigenvalue weighted by Crippen LogP contribution is -2.17. The number of furan rings is 1. The zero-order chi connectivity index (χ0) is 37.6. The van der Waals surface area contributed by atoms with Crippen LogP contribution in [-0.4, -0.2) is 0 Å². The van der Waals surface area contributed by atoms with E-state index in [2.05, 4.69) is 187 Å². The fraction of sp³-hybridized carbons (Fsp3) is 0.192. The molecule has 0 aliphatic heterocycles. The van der Waals surface area contributed by atoms with E-state index in [0.29, 0.717) is 0 Å². The molecule has 2 aliphatic carbocycles. The van der Waals surface area contributed by atoms with Gasteiger partial charge in [-0.15, -0.1) is 11.3 Å². The third-order valence-corrected chi connectivity index (χ3v) is 14.0. The van der Waals surface area contributed by atoms with Gasteiger partial charge in [-0.25, -0.2) is 0 Å². The van der Waals surface area contributed by atoms with E-state index in [9.17, 15) is 0 Å². The summed E-state index contributed by atoms with van der Waals surface area (Å²) in [6.07, 6.45) is 0. The zero-order valence-corrected chi connectivity index (χ0v) is 33.3. The summed E-state index contributed by atoms with van der Waals surface area (Å²) in [5.41, 5.74) is 17.1. The molecule has 2 heterocycles. The van der Waals surface area contributed by atoms with Crippen molar-refractivity contribution in [2.45, 2.75) is 64.7 Å². The molecule has 0 N–H and O–H groups in total. The maximum absolute atomic E-state index is 6.74. The highest BCUT2D eigenvalue weighted by molar-refractivity contribution is 7.25. The Morgan fingerprint density at radius 1 is 0.509 bits per heavy atom. The van der Waals surface area contributed by atoms with E-state index < -0.39 is 0 Å². The van der Waals surface area contributed by atoms with E-state index >= 15 is 0 Å². The first-order valence-corrected chi connectivity index (χ1v) is 20.3. The van der Waals surface area contributed by atoms with Crippen LogP contribution in [0.15, 0.2) is 138 Å². The largest absolute Gasteiger partial charge is 0.456 e. The third kappa shape index (κ3) is 4.48. The van der Waals surface area contributed by atoms with Crippen LogP contribution in [0.5, 0.6) is 0 Å². The first kappa shape index (κ1) is 32.8. The van der Waals surface area contributed by atoms with Gasteiger partial charge in [0.2, 0.25) is 0 Å². The minimum atomic E-state index is -0.202. The zero-order valence-electron chi connectivity index (χ0n) is 32.5. The maximum Gasteiger partial charge on any atom is 0.136 e. The van der Waals surface area contributed by atoms with Gasteiger partial charge in [-0.3, -0.25) is 0 Å². The summed E-state index contributed by atoms with van der Waals surface area (Å²) in [6.45, 7) is 16.3. The van der Waals surface area contributed by atoms with Gasteiger partial charge in [0, 0.05) is 58.7 Å². The van der Waals surface area contributed by atoms with Gasteiger partial charge in [0.05, 0.1) is 5.69 Å². The number of fused-ring (bicyclic) bond motifs is 13. The molecule has 0 spiro atoms. The van der Waals surface area contributed by atoms with Gasteiger partial charge in [-0.1, -0.05) is 133 Å². The Morgan fingerprint density at radius 2 is 1.18 bits per heavy atom. The predicted molar refractivity (Wildman–Crippen MR) is 235 cm³/mol. The normalized spacial score (nSPS) is 15.1. The standard InChI is InChI=1S/C52H43NOS/c1-50(2,3)30-19-22-37-44(27-30)54-43-26-25-40-49(47(37)43)48-39(52(40,6)7)16-12-17-42(48)53(32-21-24-36-35-14-9-11-18-45(35)55-46(36)29-32)31-20-23-34-33-13-8-10-15-38(33)51(4,5)41(34)28-31/h8-29H,1-7H3. The van der Waals surface area contributed by atoms with Crippen LogP contribution in [0, 0.1) is 0 Å². The van der Waals surface area contributed by atoms with Gasteiger partial charge in [-0.05, 0) is 98.5 Å². The molecule has 0 saturated heterocycles. The van der Waals surface area contributed by atoms with Gasteiger partial charge in [0.15, 0.2) is 0 Å². The van der Waals surface area contributed by atoms with E-state index in [4.69, 9.17) is 4.42 Å². The molecular formula is C52H43NOS. The van der Waals surface area contributed by atoms with E-state index in [1.807, 2.05) is 11.3 Å². The lowest BCUT2D eigenvalue weighted by molar-refractivity contribution is 0.587. The highest BCUT2D eigenvalue weighted by atomic mass is 32.1. The lowest BCUT2D eigenvalue weighted by Gasteiger charge is -2.30. The van der Waals surface area contributed by atoms with Crippen molar-refractivity contribution in [3.63, 3.8) is 0 Å². The van der Waals surface area contributed by atoms with Gasteiger partial charge in [-0.2, -0.15) is 0 Å². The number of anilines is 3. The van der Waals surface area contributed by atoms with E-state index in [1.54, 1.807) is 0 Å². The second kappa shape index (κ2) is 11.0. The van der Waals surface area contributed by atoms with Crippen molar-refractivity contribution < 1.29 is 4.42 Å². The lowest BCUT2D eigenvalue weighted by atomic mass is 9.82. The van der Waals surface area contributed by atoms with Crippen molar-refractivity contribution in [3.05, 3.63) is 161 Å². The summed E-state index contributed by atoms with van der Waals surface area (Å²) in [5.74, 6) is 0. The summed E-state index contributed by atoms with van der Waals surface area (Å²) in [6, 6.07) is 50.3. The Balaban J connectivity index is 1.21. The average molecular weight is 730 g/mol. The molecule has 7 aromatic carbocycles. The molecule has 268 valence electrons. The van der Waals surface area contributed by atoms with Crippen molar-refractivity contribution in [2.75, 3.05) is 4.90 Å². The molecule has 0 saturated carbocycles. The second-order valence-corrected chi connectivity index (χ2v) is 18.8. The van der Waals surface area contributed by atoms with Crippen molar-refractivity contribution in [2.24, 2.45) is 0 Å². The van der Waals surface area contributed by atoms with E-state index in [0.717, 1.165) is 16.9 Å². The van der Waals surface area contributed by atoms with Gasteiger partial charge in [0.1, 0.15) is 11.2 Å². The third-order valence-electron chi connectivity index (χ3n) is 12.8. The molecule has 2 aromatic heterocycles. The van der Waals surface area contributed by atoms with Crippen molar-refractivity contribution >= 4 is 70.5 Å². The molecule has 0 radical (unpaired) electrons. The molecule has 0 atom stereocenters. The molecule has 2 nitrogen and oxygen atoms in total. The molecule has 0 amide bonds. The Morgan fingerprint density at radius 3 is 2.04 bits per heavy atom. The van der Waals surface area contributed by atoms with Crippen LogP contribution in [0.1, 0.15) is 76.3 Å². The number of benzene rings is 7.